The Kier molecular flexibility index (Phi) is 13.6. The molecule has 1 heterocycles. The Bertz CT molecular complexity index is 1430. The third-order valence-electron chi connectivity index (χ3n) is 6.62. The van der Waals surface area contributed by atoms with Crippen molar-refractivity contribution in [3.63, 3.8) is 0 Å². The molecule has 4 aromatic rings. The molecule has 0 spiro atoms. The molecule has 48 heavy (non-hydrogen) atoms. The summed E-state index contributed by atoms with van der Waals surface area (Å²) in [7, 11) is 4.71. The van der Waals surface area contributed by atoms with Crippen LogP contribution in [0.5, 0.6) is 0 Å². The molecular formula is C33H39N9O6. The zero-order valence-corrected chi connectivity index (χ0v) is 27.0. The van der Waals surface area contributed by atoms with Gasteiger partial charge in [-0.3, -0.25) is 14.4 Å². The molecule has 6 N–H and O–H groups in total. The predicted molar refractivity (Wildman–Crippen MR) is 182 cm³/mol. The fourth-order valence-corrected chi connectivity index (χ4v) is 4.15. The maximum absolute atomic E-state index is 12.4. The summed E-state index contributed by atoms with van der Waals surface area (Å²) in [5.41, 5.74) is 3.38. The highest BCUT2D eigenvalue weighted by atomic mass is 16.5. The number of nitrogens with zero attached hydrogens (tertiary/aromatic N) is 3. The highest BCUT2D eigenvalue weighted by molar-refractivity contribution is 5.95. The average Bonchev–Trinajstić information content (AvgIpc) is 3.09. The van der Waals surface area contributed by atoms with Crippen molar-refractivity contribution in [2.75, 3.05) is 76.7 Å². The third-order valence-corrected chi connectivity index (χ3v) is 6.62. The van der Waals surface area contributed by atoms with Gasteiger partial charge in [0, 0.05) is 74.7 Å². The second-order valence-electron chi connectivity index (χ2n) is 10.2. The number of aromatic nitrogens is 3. The van der Waals surface area contributed by atoms with Gasteiger partial charge in [0.1, 0.15) is 0 Å². The maximum atomic E-state index is 12.4. The topological polar surface area (TPSA) is 190 Å². The zero-order valence-electron chi connectivity index (χ0n) is 27.0. The normalized spacial score (nSPS) is 10.6. The number of benzene rings is 3. The SMILES string of the molecule is COCCNC(=O)c1ccc(Nc2nc(Nc3ccc(C(=O)NCCOC)cc3)nc(Nc3ccc(C(=O)NCCOC)cc3)n2)cc1. The first kappa shape index (κ1) is 35.2. The Hall–Kier alpha value is -5.64. The van der Waals surface area contributed by atoms with E-state index in [0.717, 1.165) is 0 Å². The maximum Gasteiger partial charge on any atom is 0.251 e. The molecule has 15 nitrogen and oxygen atoms in total. The van der Waals surface area contributed by atoms with Crippen LogP contribution in [0.4, 0.5) is 34.9 Å². The van der Waals surface area contributed by atoms with Gasteiger partial charge < -0.3 is 46.1 Å². The Balaban J connectivity index is 1.52. The van der Waals surface area contributed by atoms with E-state index in [0.29, 0.717) is 73.2 Å². The lowest BCUT2D eigenvalue weighted by Gasteiger charge is -2.12. The standard InChI is InChI=1S/C33H39N9O6/c1-46-19-16-34-28(43)22-4-10-25(11-5-22)37-31-40-32(38-26-12-6-23(7-13-26)29(44)35-17-20-47-2)42-33(41-31)39-27-14-8-24(9-15-27)30(45)36-18-21-48-3/h4-15H,16-21H2,1-3H3,(H,34,43)(H,35,44)(H,36,45)(H3,37,38,39,40,41,42). The summed E-state index contributed by atoms with van der Waals surface area (Å²) in [5, 5.41) is 17.8. The molecule has 0 aliphatic carbocycles. The summed E-state index contributed by atoms with van der Waals surface area (Å²) >= 11 is 0. The van der Waals surface area contributed by atoms with Gasteiger partial charge in [-0.1, -0.05) is 0 Å². The Morgan fingerprint density at radius 2 is 0.708 bits per heavy atom. The van der Waals surface area contributed by atoms with Gasteiger partial charge in [-0.05, 0) is 72.8 Å². The third kappa shape index (κ3) is 11.0. The summed E-state index contributed by atoms with van der Waals surface area (Å²) in [5.74, 6) is 0.0118. The Labute approximate surface area is 278 Å². The number of hydrogen-bond acceptors (Lipinski definition) is 12. The van der Waals surface area contributed by atoms with Crippen LogP contribution in [-0.4, -0.2) is 93.5 Å². The molecule has 0 saturated carbocycles. The number of nitrogens with one attached hydrogen (secondary N) is 6. The number of amides is 3. The van der Waals surface area contributed by atoms with Crippen molar-refractivity contribution in [2.24, 2.45) is 0 Å². The van der Waals surface area contributed by atoms with Crippen molar-refractivity contribution < 1.29 is 28.6 Å². The van der Waals surface area contributed by atoms with Gasteiger partial charge in [-0.25, -0.2) is 0 Å². The van der Waals surface area contributed by atoms with Gasteiger partial charge in [0.25, 0.3) is 17.7 Å². The van der Waals surface area contributed by atoms with Crippen LogP contribution in [-0.2, 0) is 14.2 Å². The monoisotopic (exact) mass is 657 g/mol. The molecule has 3 amide bonds. The van der Waals surface area contributed by atoms with Crippen LogP contribution < -0.4 is 31.9 Å². The molecular weight excluding hydrogens is 618 g/mol. The number of carbonyl (C=O) groups is 3. The molecule has 4 rings (SSSR count). The van der Waals surface area contributed by atoms with Crippen LogP contribution in [0.1, 0.15) is 31.1 Å². The second kappa shape index (κ2) is 18.5. The molecule has 0 aliphatic heterocycles. The average molecular weight is 658 g/mol. The predicted octanol–water partition coefficient (Wildman–Crippen LogP) is 3.23. The highest BCUT2D eigenvalue weighted by Gasteiger charge is 2.12. The minimum absolute atomic E-state index is 0.214. The highest BCUT2D eigenvalue weighted by Crippen LogP contribution is 2.22. The molecule has 0 atom stereocenters. The number of anilines is 6. The van der Waals surface area contributed by atoms with Crippen LogP contribution in [0.15, 0.2) is 72.8 Å². The van der Waals surface area contributed by atoms with Crippen molar-refractivity contribution in [1.29, 1.82) is 0 Å². The first-order valence-electron chi connectivity index (χ1n) is 15.1. The molecule has 15 heteroatoms. The fourth-order valence-electron chi connectivity index (χ4n) is 4.15. The minimum Gasteiger partial charge on any atom is -0.383 e. The molecule has 0 fully saturated rings. The molecule has 0 unspecified atom stereocenters. The van der Waals surface area contributed by atoms with Gasteiger partial charge in [0.2, 0.25) is 17.8 Å². The van der Waals surface area contributed by atoms with Gasteiger partial charge in [-0.2, -0.15) is 15.0 Å². The zero-order chi connectivity index (χ0) is 34.1. The number of carbonyl (C=O) groups excluding carboxylic acids is 3. The van der Waals surface area contributed by atoms with Crippen molar-refractivity contribution in [3.8, 4) is 0 Å². The van der Waals surface area contributed by atoms with Crippen molar-refractivity contribution in [1.82, 2.24) is 30.9 Å². The molecule has 0 bridgehead atoms. The summed E-state index contributed by atoms with van der Waals surface area (Å²) in [6, 6.07) is 20.5. The van der Waals surface area contributed by atoms with Gasteiger partial charge in [-0.15, -0.1) is 0 Å². The Morgan fingerprint density at radius 1 is 0.458 bits per heavy atom. The van der Waals surface area contributed by atoms with Crippen LogP contribution in [0.3, 0.4) is 0 Å². The van der Waals surface area contributed by atoms with E-state index in [1.165, 1.54) is 0 Å². The van der Waals surface area contributed by atoms with E-state index in [2.05, 4.69) is 46.9 Å². The number of methoxy groups -OCH3 is 3. The van der Waals surface area contributed by atoms with Crippen LogP contribution in [0.25, 0.3) is 0 Å². The molecule has 0 saturated heterocycles. The van der Waals surface area contributed by atoms with Gasteiger partial charge in [0.05, 0.1) is 19.8 Å². The lowest BCUT2D eigenvalue weighted by atomic mass is 10.2. The first-order chi connectivity index (χ1) is 23.4. The number of rotatable bonds is 18. The minimum atomic E-state index is -0.214. The smallest absolute Gasteiger partial charge is 0.251 e. The fraction of sp³-hybridized carbons (Fsp3) is 0.273. The van der Waals surface area contributed by atoms with Crippen molar-refractivity contribution >= 4 is 52.6 Å². The van der Waals surface area contributed by atoms with Gasteiger partial charge >= 0.3 is 0 Å². The van der Waals surface area contributed by atoms with E-state index in [1.807, 2.05) is 0 Å². The first-order valence-corrected chi connectivity index (χ1v) is 15.1. The second-order valence-corrected chi connectivity index (χ2v) is 10.2. The van der Waals surface area contributed by atoms with Gasteiger partial charge in [0.15, 0.2) is 0 Å². The molecule has 1 aromatic heterocycles. The van der Waals surface area contributed by atoms with E-state index >= 15 is 0 Å². The molecule has 3 aromatic carbocycles. The summed E-state index contributed by atoms with van der Waals surface area (Å²) in [6.07, 6.45) is 0. The van der Waals surface area contributed by atoms with Crippen molar-refractivity contribution in [2.45, 2.75) is 0 Å². The molecule has 0 aliphatic rings. The summed E-state index contributed by atoms with van der Waals surface area (Å²) in [6.45, 7) is 2.46. The quantitative estimate of drug-likeness (QED) is 0.0859. The molecule has 0 radical (unpaired) electrons. The van der Waals surface area contributed by atoms with E-state index < -0.39 is 0 Å². The summed E-state index contributed by atoms with van der Waals surface area (Å²) in [4.78, 5) is 50.7. The molecule has 252 valence electrons. The number of ether oxygens (including phenoxy) is 3. The lowest BCUT2D eigenvalue weighted by molar-refractivity contribution is 0.0929. The lowest BCUT2D eigenvalue weighted by Crippen LogP contribution is -2.26. The van der Waals surface area contributed by atoms with E-state index in [4.69, 9.17) is 14.2 Å². The van der Waals surface area contributed by atoms with E-state index in [1.54, 1.807) is 94.1 Å². The summed E-state index contributed by atoms with van der Waals surface area (Å²) < 4.78 is 14.9. The van der Waals surface area contributed by atoms with Crippen LogP contribution in [0.2, 0.25) is 0 Å². The van der Waals surface area contributed by atoms with Crippen LogP contribution in [0, 0.1) is 0 Å². The Morgan fingerprint density at radius 3 is 0.938 bits per heavy atom. The van der Waals surface area contributed by atoms with Crippen LogP contribution >= 0.6 is 0 Å². The largest absolute Gasteiger partial charge is 0.383 e. The van der Waals surface area contributed by atoms with E-state index in [9.17, 15) is 14.4 Å². The van der Waals surface area contributed by atoms with E-state index in [-0.39, 0.29) is 35.6 Å². The van der Waals surface area contributed by atoms with Crippen molar-refractivity contribution in [3.05, 3.63) is 89.5 Å². The number of hydrogen-bond donors (Lipinski definition) is 6.